The van der Waals surface area contributed by atoms with Gasteiger partial charge in [0, 0.05) is 13.2 Å². The van der Waals surface area contributed by atoms with Crippen molar-refractivity contribution < 1.29 is 4.74 Å². The standard InChI is InChI=1S/C14H29NO/c1-13(2)12-15-9-4-3-5-10-16-11-8-14-6-7-14/h13-15H,3-12H2,1-2H3. The molecule has 0 aromatic heterocycles. The maximum atomic E-state index is 5.61. The van der Waals surface area contributed by atoms with E-state index in [1.54, 1.807) is 0 Å². The summed E-state index contributed by atoms with van der Waals surface area (Å²) in [5.74, 6) is 1.78. The average Bonchev–Trinajstić information content (AvgIpc) is 3.04. The van der Waals surface area contributed by atoms with Gasteiger partial charge in [-0.3, -0.25) is 0 Å². The number of unbranched alkanes of at least 4 members (excludes halogenated alkanes) is 2. The van der Waals surface area contributed by atoms with Crippen molar-refractivity contribution in [3.05, 3.63) is 0 Å². The Bertz CT molecular complexity index is 145. The summed E-state index contributed by atoms with van der Waals surface area (Å²) in [6.07, 6.45) is 8.02. The monoisotopic (exact) mass is 227 g/mol. The van der Waals surface area contributed by atoms with Crippen LogP contribution in [0, 0.1) is 11.8 Å². The Morgan fingerprint density at radius 3 is 2.62 bits per heavy atom. The third-order valence-corrected chi connectivity index (χ3v) is 3.06. The highest BCUT2D eigenvalue weighted by Crippen LogP contribution is 2.32. The van der Waals surface area contributed by atoms with Gasteiger partial charge in [-0.1, -0.05) is 26.7 Å². The molecule has 2 heteroatoms. The largest absolute Gasteiger partial charge is 0.381 e. The molecule has 0 aromatic carbocycles. The second kappa shape index (κ2) is 9.00. The molecule has 0 bridgehead atoms. The molecular formula is C14H29NO. The predicted octanol–water partition coefficient (Wildman–Crippen LogP) is 3.22. The lowest BCUT2D eigenvalue weighted by molar-refractivity contribution is 0.124. The van der Waals surface area contributed by atoms with E-state index in [9.17, 15) is 0 Å². The van der Waals surface area contributed by atoms with Gasteiger partial charge in [-0.15, -0.1) is 0 Å². The van der Waals surface area contributed by atoms with Crippen LogP contribution >= 0.6 is 0 Å². The summed E-state index contributed by atoms with van der Waals surface area (Å²) in [5, 5.41) is 3.47. The lowest BCUT2D eigenvalue weighted by Gasteiger charge is -2.07. The van der Waals surface area contributed by atoms with Crippen molar-refractivity contribution >= 4 is 0 Å². The van der Waals surface area contributed by atoms with Gasteiger partial charge in [0.25, 0.3) is 0 Å². The molecule has 1 fully saturated rings. The normalized spacial score (nSPS) is 15.9. The zero-order valence-electron chi connectivity index (χ0n) is 11.1. The van der Waals surface area contributed by atoms with Crippen LogP contribution in [0.2, 0.25) is 0 Å². The number of hydrogen-bond acceptors (Lipinski definition) is 2. The molecule has 0 amide bonds. The topological polar surface area (TPSA) is 21.3 Å². The van der Waals surface area contributed by atoms with Crippen molar-refractivity contribution in [2.75, 3.05) is 26.3 Å². The van der Waals surface area contributed by atoms with Crippen molar-refractivity contribution in [1.82, 2.24) is 5.32 Å². The lowest BCUT2D eigenvalue weighted by atomic mass is 10.2. The number of rotatable bonds is 11. The summed E-state index contributed by atoms with van der Waals surface area (Å²) in [6.45, 7) is 8.78. The molecule has 1 saturated carbocycles. The highest BCUT2D eigenvalue weighted by Gasteiger charge is 2.20. The molecule has 96 valence electrons. The fourth-order valence-electron chi connectivity index (χ4n) is 1.78. The van der Waals surface area contributed by atoms with E-state index in [1.807, 2.05) is 0 Å². The fraction of sp³-hybridized carbons (Fsp3) is 1.00. The van der Waals surface area contributed by atoms with Crippen LogP contribution in [-0.4, -0.2) is 26.3 Å². The first kappa shape index (κ1) is 14.0. The molecule has 1 N–H and O–H groups in total. The van der Waals surface area contributed by atoms with Crippen molar-refractivity contribution in [1.29, 1.82) is 0 Å². The SMILES string of the molecule is CC(C)CNCCCCCOCCC1CC1. The first-order valence-corrected chi connectivity index (χ1v) is 7.07. The van der Waals surface area contributed by atoms with E-state index in [1.165, 1.54) is 45.1 Å². The van der Waals surface area contributed by atoms with Crippen molar-refractivity contribution in [3.63, 3.8) is 0 Å². The van der Waals surface area contributed by atoms with E-state index in [0.717, 1.165) is 31.6 Å². The number of hydrogen-bond donors (Lipinski definition) is 1. The summed E-state index contributed by atoms with van der Waals surface area (Å²) < 4.78 is 5.61. The quantitative estimate of drug-likeness (QED) is 0.547. The molecule has 0 unspecified atom stereocenters. The lowest BCUT2D eigenvalue weighted by Crippen LogP contribution is -2.20. The Labute approximate surface area is 101 Å². The van der Waals surface area contributed by atoms with Crippen LogP contribution < -0.4 is 5.32 Å². The smallest absolute Gasteiger partial charge is 0.0468 e. The van der Waals surface area contributed by atoms with Crippen LogP contribution in [0.25, 0.3) is 0 Å². The van der Waals surface area contributed by atoms with Gasteiger partial charge in [0.05, 0.1) is 0 Å². The zero-order chi connectivity index (χ0) is 11.6. The summed E-state index contributed by atoms with van der Waals surface area (Å²) in [4.78, 5) is 0. The molecule has 0 aliphatic heterocycles. The summed E-state index contributed by atoms with van der Waals surface area (Å²) in [5.41, 5.74) is 0. The molecular weight excluding hydrogens is 198 g/mol. The third kappa shape index (κ3) is 9.17. The Kier molecular flexibility index (Phi) is 7.87. The van der Waals surface area contributed by atoms with Gasteiger partial charge in [0.15, 0.2) is 0 Å². The maximum absolute atomic E-state index is 5.61. The zero-order valence-corrected chi connectivity index (χ0v) is 11.1. The van der Waals surface area contributed by atoms with E-state index < -0.39 is 0 Å². The molecule has 1 rings (SSSR count). The van der Waals surface area contributed by atoms with E-state index >= 15 is 0 Å². The van der Waals surface area contributed by atoms with Gasteiger partial charge >= 0.3 is 0 Å². The first-order valence-electron chi connectivity index (χ1n) is 7.07. The van der Waals surface area contributed by atoms with Crippen LogP contribution in [0.15, 0.2) is 0 Å². The third-order valence-electron chi connectivity index (χ3n) is 3.06. The van der Waals surface area contributed by atoms with E-state index in [0.29, 0.717) is 0 Å². The molecule has 0 atom stereocenters. The fourth-order valence-corrected chi connectivity index (χ4v) is 1.78. The first-order chi connectivity index (χ1) is 7.79. The van der Waals surface area contributed by atoms with Gasteiger partial charge in [-0.25, -0.2) is 0 Å². The molecule has 0 aromatic rings. The Balaban J connectivity index is 1.64. The average molecular weight is 227 g/mol. The minimum atomic E-state index is 0.769. The molecule has 1 aliphatic carbocycles. The molecule has 0 spiro atoms. The molecule has 0 saturated heterocycles. The highest BCUT2D eigenvalue weighted by molar-refractivity contribution is 4.72. The van der Waals surface area contributed by atoms with Crippen molar-refractivity contribution in [2.24, 2.45) is 11.8 Å². The van der Waals surface area contributed by atoms with Crippen LogP contribution in [0.5, 0.6) is 0 Å². The number of ether oxygens (including phenoxy) is 1. The summed E-state index contributed by atoms with van der Waals surface area (Å²) in [6, 6.07) is 0. The van der Waals surface area contributed by atoms with Gasteiger partial charge in [-0.2, -0.15) is 0 Å². The van der Waals surface area contributed by atoms with E-state index in [4.69, 9.17) is 4.74 Å². The Morgan fingerprint density at radius 1 is 1.12 bits per heavy atom. The van der Waals surface area contributed by atoms with Crippen LogP contribution in [0.3, 0.4) is 0 Å². The summed E-state index contributed by atoms with van der Waals surface area (Å²) >= 11 is 0. The molecule has 1 aliphatic rings. The number of nitrogens with one attached hydrogen (secondary N) is 1. The second-order valence-electron chi connectivity index (χ2n) is 5.50. The Hall–Kier alpha value is -0.0800. The van der Waals surface area contributed by atoms with Crippen LogP contribution in [-0.2, 0) is 4.74 Å². The summed E-state index contributed by atoms with van der Waals surface area (Å²) in [7, 11) is 0. The van der Waals surface area contributed by atoms with Crippen molar-refractivity contribution in [3.8, 4) is 0 Å². The molecule has 2 nitrogen and oxygen atoms in total. The van der Waals surface area contributed by atoms with Gasteiger partial charge in [0.2, 0.25) is 0 Å². The van der Waals surface area contributed by atoms with Gasteiger partial charge in [-0.05, 0) is 50.6 Å². The Morgan fingerprint density at radius 2 is 1.94 bits per heavy atom. The van der Waals surface area contributed by atoms with Gasteiger partial charge in [0.1, 0.15) is 0 Å². The molecule has 0 heterocycles. The maximum Gasteiger partial charge on any atom is 0.0468 e. The minimum Gasteiger partial charge on any atom is -0.381 e. The van der Waals surface area contributed by atoms with Crippen molar-refractivity contribution in [2.45, 2.75) is 52.4 Å². The second-order valence-corrected chi connectivity index (χ2v) is 5.50. The van der Waals surface area contributed by atoms with E-state index in [-0.39, 0.29) is 0 Å². The van der Waals surface area contributed by atoms with E-state index in [2.05, 4.69) is 19.2 Å². The van der Waals surface area contributed by atoms with Crippen LogP contribution in [0.4, 0.5) is 0 Å². The minimum absolute atomic E-state index is 0.769. The highest BCUT2D eigenvalue weighted by atomic mass is 16.5. The molecule has 16 heavy (non-hydrogen) atoms. The van der Waals surface area contributed by atoms with Gasteiger partial charge < -0.3 is 10.1 Å². The van der Waals surface area contributed by atoms with Crippen LogP contribution in [0.1, 0.15) is 52.4 Å². The molecule has 0 radical (unpaired) electrons. The predicted molar refractivity (Wildman–Crippen MR) is 69.7 cm³/mol.